The van der Waals surface area contributed by atoms with Crippen LogP contribution in [0.25, 0.3) is 0 Å². The third kappa shape index (κ3) is 3.08. The van der Waals surface area contributed by atoms with E-state index < -0.39 is 0 Å². The second-order valence-corrected chi connectivity index (χ2v) is 6.28. The predicted molar refractivity (Wildman–Crippen MR) is 86.1 cm³/mol. The van der Waals surface area contributed by atoms with Crippen molar-refractivity contribution in [3.05, 3.63) is 22.9 Å². The fourth-order valence-electron chi connectivity index (χ4n) is 3.57. The quantitative estimate of drug-likeness (QED) is 0.834. The van der Waals surface area contributed by atoms with Crippen molar-refractivity contribution in [1.29, 1.82) is 5.26 Å². The average molecular weight is 300 g/mol. The maximum absolute atomic E-state index is 9.49. The molecule has 3 heterocycles. The summed E-state index contributed by atoms with van der Waals surface area (Å²) in [5.41, 5.74) is 2.74. The van der Waals surface area contributed by atoms with Gasteiger partial charge in [-0.15, -0.1) is 0 Å². The van der Waals surface area contributed by atoms with E-state index in [9.17, 15) is 5.26 Å². The van der Waals surface area contributed by atoms with Crippen molar-refractivity contribution >= 4 is 5.82 Å². The van der Waals surface area contributed by atoms with Gasteiger partial charge in [-0.25, -0.2) is 4.98 Å². The fraction of sp³-hybridized carbons (Fsp3) is 0.647. The highest BCUT2D eigenvalue weighted by molar-refractivity contribution is 5.58. The fourth-order valence-corrected chi connectivity index (χ4v) is 3.57. The molecule has 0 spiro atoms. The molecule has 1 aromatic heterocycles. The van der Waals surface area contributed by atoms with E-state index in [1.54, 1.807) is 0 Å². The van der Waals surface area contributed by atoms with Crippen LogP contribution in [-0.2, 0) is 4.74 Å². The minimum atomic E-state index is 0.548. The van der Waals surface area contributed by atoms with Gasteiger partial charge in [-0.05, 0) is 38.3 Å². The number of rotatable bonds is 2. The van der Waals surface area contributed by atoms with Crippen molar-refractivity contribution < 1.29 is 4.74 Å². The Morgan fingerprint density at radius 2 is 2.05 bits per heavy atom. The van der Waals surface area contributed by atoms with Crippen molar-refractivity contribution in [3.63, 3.8) is 0 Å². The highest BCUT2D eigenvalue weighted by atomic mass is 16.5. The van der Waals surface area contributed by atoms with E-state index >= 15 is 0 Å². The van der Waals surface area contributed by atoms with E-state index in [-0.39, 0.29) is 0 Å². The molecule has 0 unspecified atom stereocenters. The second kappa shape index (κ2) is 6.64. The largest absolute Gasteiger partial charge is 0.379 e. The monoisotopic (exact) mass is 300 g/mol. The summed E-state index contributed by atoms with van der Waals surface area (Å²) in [6.07, 6.45) is 2.38. The van der Waals surface area contributed by atoms with Crippen molar-refractivity contribution in [2.75, 3.05) is 44.3 Å². The van der Waals surface area contributed by atoms with E-state index in [0.29, 0.717) is 6.04 Å². The first-order valence-corrected chi connectivity index (χ1v) is 8.14. The van der Waals surface area contributed by atoms with Crippen LogP contribution in [0.3, 0.4) is 0 Å². The van der Waals surface area contributed by atoms with Gasteiger partial charge in [-0.1, -0.05) is 0 Å². The molecule has 2 aliphatic heterocycles. The van der Waals surface area contributed by atoms with Crippen LogP contribution in [-0.4, -0.2) is 55.3 Å². The number of piperidine rings is 1. The number of aryl methyl sites for hydroxylation is 2. The van der Waals surface area contributed by atoms with Crippen molar-refractivity contribution in [2.24, 2.45) is 0 Å². The van der Waals surface area contributed by atoms with Gasteiger partial charge in [0.25, 0.3) is 0 Å². The maximum atomic E-state index is 9.49. The molecule has 0 N–H and O–H groups in total. The van der Waals surface area contributed by atoms with Gasteiger partial charge < -0.3 is 9.64 Å². The van der Waals surface area contributed by atoms with Crippen LogP contribution >= 0.6 is 0 Å². The number of aromatic nitrogens is 1. The lowest BCUT2D eigenvalue weighted by molar-refractivity contribution is 0.0137. The minimum Gasteiger partial charge on any atom is -0.379 e. The molecule has 22 heavy (non-hydrogen) atoms. The predicted octanol–water partition coefficient (Wildman–Crippen LogP) is 1.87. The second-order valence-electron chi connectivity index (χ2n) is 6.28. The first-order valence-electron chi connectivity index (χ1n) is 8.14. The zero-order chi connectivity index (χ0) is 15.5. The van der Waals surface area contributed by atoms with Crippen molar-refractivity contribution in [1.82, 2.24) is 9.88 Å². The molecule has 1 atom stereocenters. The van der Waals surface area contributed by atoms with Gasteiger partial charge in [-0.2, -0.15) is 5.26 Å². The van der Waals surface area contributed by atoms with Gasteiger partial charge in [0.05, 0.1) is 18.8 Å². The number of hydrogen-bond acceptors (Lipinski definition) is 5. The van der Waals surface area contributed by atoms with Gasteiger partial charge in [0.2, 0.25) is 0 Å². The topological polar surface area (TPSA) is 52.4 Å². The molecule has 2 fully saturated rings. The number of nitriles is 1. The average Bonchev–Trinajstić information content (AvgIpc) is 2.55. The zero-order valence-electron chi connectivity index (χ0n) is 13.5. The molecular formula is C17H24N4O. The van der Waals surface area contributed by atoms with E-state index in [2.05, 4.69) is 20.9 Å². The molecule has 0 aliphatic carbocycles. The molecular weight excluding hydrogens is 276 g/mol. The first-order chi connectivity index (χ1) is 10.7. The number of morpholine rings is 1. The minimum absolute atomic E-state index is 0.548. The molecule has 2 aliphatic rings. The molecule has 0 radical (unpaired) electrons. The van der Waals surface area contributed by atoms with Crippen LogP contribution in [0.2, 0.25) is 0 Å². The smallest absolute Gasteiger partial charge is 0.147 e. The van der Waals surface area contributed by atoms with E-state index in [0.717, 1.165) is 68.5 Å². The van der Waals surface area contributed by atoms with Gasteiger partial charge in [0.15, 0.2) is 0 Å². The van der Waals surface area contributed by atoms with Crippen LogP contribution < -0.4 is 4.90 Å². The summed E-state index contributed by atoms with van der Waals surface area (Å²) in [4.78, 5) is 9.51. The summed E-state index contributed by atoms with van der Waals surface area (Å²) in [6, 6.07) is 4.88. The van der Waals surface area contributed by atoms with Gasteiger partial charge in [0, 0.05) is 37.9 Å². The Hall–Kier alpha value is -1.64. The van der Waals surface area contributed by atoms with Gasteiger partial charge >= 0.3 is 0 Å². The Labute approximate surface area is 132 Å². The van der Waals surface area contributed by atoms with Crippen molar-refractivity contribution in [3.8, 4) is 6.07 Å². The van der Waals surface area contributed by atoms with Crippen LogP contribution in [0.4, 0.5) is 5.82 Å². The van der Waals surface area contributed by atoms with Crippen molar-refractivity contribution in [2.45, 2.75) is 32.7 Å². The first kappa shape index (κ1) is 15.3. The van der Waals surface area contributed by atoms with E-state index in [1.165, 1.54) is 6.42 Å². The summed E-state index contributed by atoms with van der Waals surface area (Å²) in [5.74, 6) is 0.873. The van der Waals surface area contributed by atoms with Crippen LogP contribution in [0.15, 0.2) is 6.07 Å². The Bertz CT molecular complexity index is 575. The molecule has 5 nitrogen and oxygen atoms in total. The lowest BCUT2D eigenvalue weighted by atomic mass is 10.0. The Kier molecular flexibility index (Phi) is 4.60. The summed E-state index contributed by atoms with van der Waals surface area (Å²) in [6.45, 7) is 9.66. The number of hydrogen-bond donors (Lipinski definition) is 0. The highest BCUT2D eigenvalue weighted by Crippen LogP contribution is 2.26. The normalized spacial score (nSPS) is 23.3. The summed E-state index contributed by atoms with van der Waals surface area (Å²) in [7, 11) is 0. The molecule has 1 aromatic rings. The zero-order valence-corrected chi connectivity index (χ0v) is 13.5. The molecule has 0 saturated carbocycles. The molecule has 2 saturated heterocycles. The standard InChI is InChI=1S/C17H24N4O/c1-13-10-14(2)19-17(16(13)11-18)21-5-3-4-15(12-21)20-6-8-22-9-7-20/h10,15H,3-9,12H2,1-2H3/t15-/m0/s1. The van der Waals surface area contributed by atoms with E-state index in [4.69, 9.17) is 4.74 Å². The summed E-state index contributed by atoms with van der Waals surface area (Å²) in [5, 5.41) is 9.49. The van der Waals surface area contributed by atoms with Crippen LogP contribution in [0.5, 0.6) is 0 Å². The molecule has 118 valence electrons. The third-order valence-electron chi connectivity index (χ3n) is 4.70. The lowest BCUT2D eigenvalue weighted by Crippen LogP contribution is -2.52. The Balaban J connectivity index is 1.81. The Morgan fingerprint density at radius 1 is 1.27 bits per heavy atom. The summed E-state index contributed by atoms with van der Waals surface area (Å²) >= 11 is 0. The molecule has 3 rings (SSSR count). The molecule has 0 amide bonds. The van der Waals surface area contributed by atoms with Crippen LogP contribution in [0, 0.1) is 25.2 Å². The third-order valence-corrected chi connectivity index (χ3v) is 4.70. The lowest BCUT2D eigenvalue weighted by Gasteiger charge is -2.41. The summed E-state index contributed by atoms with van der Waals surface area (Å²) < 4.78 is 5.46. The van der Waals surface area contributed by atoms with Gasteiger partial charge in [0.1, 0.15) is 11.9 Å². The number of ether oxygens (including phenoxy) is 1. The molecule has 0 bridgehead atoms. The number of nitrogens with zero attached hydrogens (tertiary/aromatic N) is 4. The maximum Gasteiger partial charge on any atom is 0.147 e. The Morgan fingerprint density at radius 3 is 2.77 bits per heavy atom. The van der Waals surface area contributed by atoms with Gasteiger partial charge in [-0.3, -0.25) is 4.90 Å². The molecule has 0 aromatic carbocycles. The van der Waals surface area contributed by atoms with E-state index in [1.807, 2.05) is 19.9 Å². The number of anilines is 1. The number of pyridine rings is 1. The van der Waals surface area contributed by atoms with Crippen LogP contribution in [0.1, 0.15) is 29.7 Å². The SMILES string of the molecule is Cc1cc(C)c(C#N)c(N2CCC[C@H](N3CCOCC3)C2)n1. The molecule has 5 heteroatoms. The highest BCUT2D eigenvalue weighted by Gasteiger charge is 2.28.